The molecule has 1 N–H and O–H groups in total. The van der Waals surface area contributed by atoms with E-state index in [1.54, 1.807) is 6.26 Å². The van der Waals surface area contributed by atoms with Crippen LogP contribution in [0.25, 0.3) is 0 Å². The van der Waals surface area contributed by atoms with Crippen LogP contribution in [0, 0.1) is 6.92 Å². The van der Waals surface area contributed by atoms with Gasteiger partial charge in [-0.1, -0.05) is 0 Å². The maximum absolute atomic E-state index is 10.2. The Kier molecular flexibility index (Phi) is 2.31. The molecular weight excluding hydrogens is 144 g/mol. The Balaban J connectivity index is 2.51. The van der Waals surface area contributed by atoms with E-state index in [9.17, 15) is 4.79 Å². The molecule has 1 aromatic rings. The Morgan fingerprint density at radius 2 is 2.45 bits per heavy atom. The fourth-order valence-electron chi connectivity index (χ4n) is 0.881. The van der Waals surface area contributed by atoms with Gasteiger partial charge >= 0.3 is 5.97 Å². The first-order valence-electron chi connectivity index (χ1n) is 3.45. The van der Waals surface area contributed by atoms with Gasteiger partial charge in [0.25, 0.3) is 0 Å². The van der Waals surface area contributed by atoms with Gasteiger partial charge in [-0.3, -0.25) is 4.79 Å². The summed E-state index contributed by atoms with van der Waals surface area (Å²) in [5.74, 6) is -0.0202. The predicted molar refractivity (Wildman–Crippen MR) is 39.4 cm³/mol. The maximum atomic E-state index is 10.2. The van der Waals surface area contributed by atoms with Gasteiger partial charge in [-0.05, 0) is 18.6 Å². The van der Waals surface area contributed by atoms with E-state index in [4.69, 9.17) is 9.52 Å². The highest BCUT2D eigenvalue weighted by atomic mass is 16.4. The summed E-state index contributed by atoms with van der Waals surface area (Å²) < 4.78 is 5.05. The molecule has 0 bridgehead atoms. The highest BCUT2D eigenvalue weighted by molar-refractivity contribution is 5.66. The second-order valence-corrected chi connectivity index (χ2v) is 2.42. The zero-order valence-corrected chi connectivity index (χ0v) is 6.33. The highest BCUT2D eigenvalue weighted by Crippen LogP contribution is 2.10. The van der Waals surface area contributed by atoms with Crippen molar-refractivity contribution in [2.45, 2.75) is 19.8 Å². The Bertz CT molecular complexity index is 250. The van der Waals surface area contributed by atoms with E-state index in [1.807, 2.05) is 13.0 Å². The Morgan fingerprint density at radius 1 is 1.73 bits per heavy atom. The molecule has 0 atom stereocenters. The fourth-order valence-corrected chi connectivity index (χ4v) is 0.881. The smallest absolute Gasteiger partial charge is 0.303 e. The van der Waals surface area contributed by atoms with Crippen LogP contribution in [0.3, 0.4) is 0 Å². The van der Waals surface area contributed by atoms with Gasteiger partial charge in [0.2, 0.25) is 0 Å². The third kappa shape index (κ3) is 2.11. The average molecular weight is 154 g/mol. The molecule has 1 heterocycles. The molecule has 60 valence electrons. The number of aliphatic carboxylic acids is 1. The Morgan fingerprint density at radius 3 is 2.91 bits per heavy atom. The first-order chi connectivity index (χ1) is 5.20. The number of hydrogen-bond acceptors (Lipinski definition) is 2. The molecule has 1 rings (SSSR count). The van der Waals surface area contributed by atoms with Gasteiger partial charge in [0.15, 0.2) is 0 Å². The molecule has 0 saturated carbocycles. The van der Waals surface area contributed by atoms with Crippen molar-refractivity contribution < 1.29 is 14.3 Å². The number of carboxylic acid groups (broad SMARTS) is 1. The fraction of sp³-hybridized carbons (Fsp3) is 0.375. The van der Waals surface area contributed by atoms with E-state index < -0.39 is 5.97 Å². The van der Waals surface area contributed by atoms with Gasteiger partial charge in [-0.15, -0.1) is 0 Å². The van der Waals surface area contributed by atoms with E-state index in [0.29, 0.717) is 6.42 Å². The van der Waals surface area contributed by atoms with Gasteiger partial charge in [-0.25, -0.2) is 0 Å². The summed E-state index contributed by atoms with van der Waals surface area (Å²) >= 11 is 0. The molecule has 0 amide bonds. The molecule has 0 saturated heterocycles. The number of furan rings is 1. The normalized spacial score (nSPS) is 9.91. The van der Waals surface area contributed by atoms with Crippen LogP contribution in [0.2, 0.25) is 0 Å². The molecule has 0 aromatic carbocycles. The van der Waals surface area contributed by atoms with Crippen LogP contribution < -0.4 is 0 Å². The summed E-state index contributed by atoms with van der Waals surface area (Å²) in [6.07, 6.45) is 2.19. The van der Waals surface area contributed by atoms with Crippen LogP contribution in [0.1, 0.15) is 17.7 Å². The van der Waals surface area contributed by atoms with Gasteiger partial charge < -0.3 is 9.52 Å². The van der Waals surface area contributed by atoms with Crippen molar-refractivity contribution in [2.24, 2.45) is 0 Å². The summed E-state index contributed by atoms with van der Waals surface area (Å²) in [5.41, 5.74) is 1.02. The van der Waals surface area contributed by atoms with E-state index in [-0.39, 0.29) is 6.42 Å². The average Bonchev–Trinajstić information content (AvgIpc) is 2.31. The minimum Gasteiger partial charge on any atom is -0.481 e. The molecular formula is C8H10O3. The maximum Gasteiger partial charge on any atom is 0.303 e. The molecule has 3 heteroatoms. The standard InChI is InChI=1S/C8H10O3/c1-6-4-5-11-7(6)2-3-8(9)10/h4-5H,2-3H2,1H3,(H,9,10). The van der Waals surface area contributed by atoms with E-state index >= 15 is 0 Å². The molecule has 0 unspecified atom stereocenters. The largest absolute Gasteiger partial charge is 0.481 e. The molecule has 0 aliphatic heterocycles. The first-order valence-corrected chi connectivity index (χ1v) is 3.45. The lowest BCUT2D eigenvalue weighted by Gasteiger charge is -1.93. The SMILES string of the molecule is Cc1ccoc1CCC(=O)O. The minimum atomic E-state index is -0.791. The zero-order chi connectivity index (χ0) is 8.27. The molecule has 0 aliphatic carbocycles. The van der Waals surface area contributed by atoms with Crippen LogP contribution in [0.4, 0.5) is 0 Å². The van der Waals surface area contributed by atoms with Crippen molar-refractivity contribution in [3.05, 3.63) is 23.7 Å². The van der Waals surface area contributed by atoms with Crippen molar-refractivity contribution in [1.29, 1.82) is 0 Å². The lowest BCUT2D eigenvalue weighted by molar-refractivity contribution is -0.137. The lowest BCUT2D eigenvalue weighted by Crippen LogP contribution is -1.97. The van der Waals surface area contributed by atoms with Crippen molar-refractivity contribution in [3.8, 4) is 0 Å². The molecule has 3 nitrogen and oxygen atoms in total. The number of rotatable bonds is 3. The molecule has 0 spiro atoms. The third-order valence-corrected chi connectivity index (χ3v) is 1.53. The number of carbonyl (C=O) groups is 1. The Labute approximate surface area is 64.6 Å². The predicted octanol–water partition coefficient (Wildman–Crippen LogP) is 1.61. The van der Waals surface area contributed by atoms with Crippen molar-refractivity contribution in [3.63, 3.8) is 0 Å². The summed E-state index contributed by atoms with van der Waals surface area (Å²) in [6, 6.07) is 1.83. The van der Waals surface area contributed by atoms with E-state index in [2.05, 4.69) is 0 Å². The number of hydrogen-bond donors (Lipinski definition) is 1. The molecule has 1 aromatic heterocycles. The summed E-state index contributed by atoms with van der Waals surface area (Å²) in [6.45, 7) is 1.90. The Hall–Kier alpha value is -1.25. The monoisotopic (exact) mass is 154 g/mol. The van der Waals surface area contributed by atoms with Gasteiger partial charge in [0.1, 0.15) is 5.76 Å². The molecule has 0 aliphatic rings. The van der Waals surface area contributed by atoms with E-state index in [0.717, 1.165) is 11.3 Å². The van der Waals surface area contributed by atoms with Crippen LogP contribution in [0.5, 0.6) is 0 Å². The van der Waals surface area contributed by atoms with Crippen LogP contribution >= 0.6 is 0 Å². The van der Waals surface area contributed by atoms with Gasteiger partial charge in [0.05, 0.1) is 12.7 Å². The molecule has 0 fully saturated rings. The lowest BCUT2D eigenvalue weighted by atomic mass is 10.2. The van der Waals surface area contributed by atoms with Crippen molar-refractivity contribution >= 4 is 5.97 Å². The number of carboxylic acids is 1. The van der Waals surface area contributed by atoms with Gasteiger partial charge in [0, 0.05) is 6.42 Å². The molecule has 0 radical (unpaired) electrons. The third-order valence-electron chi connectivity index (χ3n) is 1.53. The minimum absolute atomic E-state index is 0.133. The van der Waals surface area contributed by atoms with Crippen LogP contribution in [0.15, 0.2) is 16.7 Å². The second-order valence-electron chi connectivity index (χ2n) is 2.42. The summed E-state index contributed by atoms with van der Waals surface area (Å²) in [4.78, 5) is 10.2. The van der Waals surface area contributed by atoms with Crippen molar-refractivity contribution in [2.75, 3.05) is 0 Å². The first kappa shape index (κ1) is 7.85. The van der Waals surface area contributed by atoms with Crippen LogP contribution in [-0.4, -0.2) is 11.1 Å². The van der Waals surface area contributed by atoms with Gasteiger partial charge in [-0.2, -0.15) is 0 Å². The van der Waals surface area contributed by atoms with E-state index in [1.165, 1.54) is 0 Å². The highest BCUT2D eigenvalue weighted by Gasteiger charge is 2.03. The second kappa shape index (κ2) is 3.23. The topological polar surface area (TPSA) is 50.4 Å². The summed E-state index contributed by atoms with van der Waals surface area (Å²) in [7, 11) is 0. The summed E-state index contributed by atoms with van der Waals surface area (Å²) in [5, 5.41) is 8.36. The van der Waals surface area contributed by atoms with Crippen molar-refractivity contribution in [1.82, 2.24) is 0 Å². The zero-order valence-electron chi connectivity index (χ0n) is 6.33. The van der Waals surface area contributed by atoms with Crippen LogP contribution in [-0.2, 0) is 11.2 Å². The quantitative estimate of drug-likeness (QED) is 0.719. The number of aryl methyl sites for hydroxylation is 2. The molecule has 11 heavy (non-hydrogen) atoms.